The largest absolute Gasteiger partial charge is 0.346 e. The van der Waals surface area contributed by atoms with Gasteiger partial charge in [0.25, 0.3) is 0 Å². The molecule has 0 bridgehead atoms. The summed E-state index contributed by atoms with van der Waals surface area (Å²) in [5.41, 5.74) is 0.922. The van der Waals surface area contributed by atoms with Crippen molar-refractivity contribution < 1.29 is 13.2 Å². The first-order valence-corrected chi connectivity index (χ1v) is 8.59. The van der Waals surface area contributed by atoms with Crippen molar-refractivity contribution in [3.05, 3.63) is 54.4 Å². The predicted octanol–water partition coefficient (Wildman–Crippen LogP) is 0.290. The van der Waals surface area contributed by atoms with Crippen molar-refractivity contribution in [3.63, 3.8) is 0 Å². The Morgan fingerprint density at radius 1 is 1.27 bits per heavy atom. The Hall–Kier alpha value is -2.19. The van der Waals surface area contributed by atoms with Gasteiger partial charge in [-0.05, 0) is 11.6 Å². The highest BCUT2D eigenvalue weighted by Gasteiger charge is 2.16. The van der Waals surface area contributed by atoms with Gasteiger partial charge in [0.2, 0.25) is 15.9 Å². The summed E-state index contributed by atoms with van der Waals surface area (Å²) in [5, 5.41) is 6.95. The number of hydrogen-bond acceptors (Lipinski definition) is 4. The van der Waals surface area contributed by atoms with Crippen LogP contribution in [0.2, 0.25) is 0 Å². The Bertz CT molecular complexity index is 699. The molecule has 1 amide bonds. The summed E-state index contributed by atoms with van der Waals surface area (Å²) < 4.78 is 26.0. The molecule has 22 heavy (non-hydrogen) atoms. The van der Waals surface area contributed by atoms with E-state index in [-0.39, 0.29) is 12.6 Å². The summed E-state index contributed by atoms with van der Waals surface area (Å²) in [7, 11) is -3.40. The van der Waals surface area contributed by atoms with Crippen LogP contribution >= 0.6 is 0 Å². The number of hydrogen-bond donors (Lipinski definition) is 2. The maximum absolute atomic E-state index is 11.9. The molecule has 1 unspecified atom stereocenters. The van der Waals surface area contributed by atoms with Crippen molar-refractivity contribution >= 4 is 15.9 Å². The van der Waals surface area contributed by atoms with Crippen molar-refractivity contribution in [2.75, 3.05) is 12.8 Å². The van der Waals surface area contributed by atoms with Crippen LogP contribution in [0.1, 0.15) is 11.6 Å². The minimum absolute atomic E-state index is 0.290. The average Bonchev–Trinajstić information content (AvgIpc) is 2.98. The summed E-state index contributed by atoms with van der Waals surface area (Å²) >= 11 is 0. The summed E-state index contributed by atoms with van der Waals surface area (Å²) in [6.07, 6.45) is 4.48. The molecule has 0 fully saturated rings. The lowest BCUT2D eigenvalue weighted by atomic mass is 10.1. The zero-order valence-corrected chi connectivity index (χ0v) is 13.0. The second-order valence-electron chi connectivity index (χ2n) is 4.85. The zero-order chi connectivity index (χ0) is 16.0. The maximum Gasteiger partial charge on any atom is 0.235 e. The van der Waals surface area contributed by atoms with E-state index >= 15 is 0 Å². The third kappa shape index (κ3) is 5.30. The molecule has 0 spiro atoms. The van der Waals surface area contributed by atoms with Crippen molar-refractivity contribution in [3.8, 4) is 0 Å². The zero-order valence-electron chi connectivity index (χ0n) is 12.1. The topological polar surface area (TPSA) is 93.1 Å². The number of benzene rings is 1. The van der Waals surface area contributed by atoms with Crippen molar-refractivity contribution in [2.45, 2.75) is 12.6 Å². The number of aromatic nitrogens is 2. The number of amides is 1. The van der Waals surface area contributed by atoms with Gasteiger partial charge in [0.05, 0.1) is 25.4 Å². The highest BCUT2D eigenvalue weighted by atomic mass is 32.2. The first-order chi connectivity index (χ1) is 10.4. The van der Waals surface area contributed by atoms with Gasteiger partial charge < -0.3 is 5.32 Å². The number of sulfonamides is 1. The highest BCUT2D eigenvalue weighted by molar-refractivity contribution is 7.88. The van der Waals surface area contributed by atoms with E-state index < -0.39 is 15.9 Å². The lowest BCUT2D eigenvalue weighted by Gasteiger charge is -2.19. The molecule has 0 aliphatic heterocycles. The van der Waals surface area contributed by atoms with E-state index in [4.69, 9.17) is 0 Å². The Labute approximate surface area is 129 Å². The fraction of sp³-hybridized carbons (Fsp3) is 0.286. The van der Waals surface area contributed by atoms with Crippen LogP contribution in [0.25, 0.3) is 0 Å². The Morgan fingerprint density at radius 3 is 2.59 bits per heavy atom. The number of carbonyl (C=O) groups excluding carboxylic acids is 1. The van der Waals surface area contributed by atoms with Crippen LogP contribution in [-0.2, 0) is 21.4 Å². The summed E-state index contributed by atoms with van der Waals surface area (Å²) in [4.78, 5) is 11.9. The number of rotatable bonds is 7. The predicted molar refractivity (Wildman–Crippen MR) is 82.4 cm³/mol. The van der Waals surface area contributed by atoms with Gasteiger partial charge in [0, 0.05) is 12.4 Å². The summed E-state index contributed by atoms with van der Waals surface area (Å²) in [6, 6.07) is 11.0. The molecule has 2 rings (SSSR count). The lowest BCUT2D eigenvalue weighted by Crippen LogP contribution is -2.39. The summed E-state index contributed by atoms with van der Waals surface area (Å²) in [6.45, 7) is 0.170. The molecular weight excluding hydrogens is 304 g/mol. The van der Waals surface area contributed by atoms with Gasteiger partial charge in [-0.25, -0.2) is 13.1 Å². The van der Waals surface area contributed by atoms with E-state index in [2.05, 4.69) is 15.1 Å². The van der Waals surface area contributed by atoms with E-state index in [1.807, 2.05) is 30.3 Å². The third-order valence-corrected chi connectivity index (χ3v) is 3.63. The van der Waals surface area contributed by atoms with Crippen LogP contribution in [0.4, 0.5) is 0 Å². The van der Waals surface area contributed by atoms with Crippen LogP contribution in [0.15, 0.2) is 48.8 Å². The van der Waals surface area contributed by atoms with Crippen LogP contribution in [0.5, 0.6) is 0 Å². The molecule has 1 aromatic heterocycles. The van der Waals surface area contributed by atoms with E-state index in [1.165, 1.54) is 0 Å². The number of nitrogens with zero attached hydrogens (tertiary/aromatic N) is 2. The van der Waals surface area contributed by atoms with Crippen LogP contribution in [0.3, 0.4) is 0 Å². The molecule has 1 aromatic carbocycles. The molecule has 0 aliphatic rings. The first-order valence-electron chi connectivity index (χ1n) is 6.70. The fourth-order valence-electron chi connectivity index (χ4n) is 1.96. The minimum atomic E-state index is -3.40. The highest BCUT2D eigenvalue weighted by Crippen LogP contribution is 2.14. The van der Waals surface area contributed by atoms with Gasteiger partial charge in [-0.2, -0.15) is 5.10 Å². The van der Waals surface area contributed by atoms with Gasteiger partial charge in [0.1, 0.15) is 0 Å². The third-order valence-electron chi connectivity index (χ3n) is 2.96. The van der Waals surface area contributed by atoms with Crippen molar-refractivity contribution in [2.24, 2.45) is 0 Å². The Kier molecular flexibility index (Phi) is 5.29. The van der Waals surface area contributed by atoms with Crippen molar-refractivity contribution in [1.29, 1.82) is 0 Å². The second kappa shape index (κ2) is 7.19. The summed E-state index contributed by atoms with van der Waals surface area (Å²) in [5.74, 6) is -0.397. The molecule has 2 N–H and O–H groups in total. The SMILES string of the molecule is CS(=O)(=O)NCC(=O)NC(Cn1cccn1)c1ccccc1. The molecule has 0 saturated carbocycles. The maximum atomic E-state index is 11.9. The molecule has 1 atom stereocenters. The first kappa shape index (κ1) is 16.2. The molecule has 0 aliphatic carbocycles. The van der Waals surface area contributed by atoms with E-state index in [1.54, 1.807) is 23.1 Å². The monoisotopic (exact) mass is 322 g/mol. The fourth-order valence-corrected chi connectivity index (χ4v) is 2.35. The molecule has 7 nitrogen and oxygen atoms in total. The number of carbonyl (C=O) groups is 1. The molecule has 0 saturated heterocycles. The van der Waals surface area contributed by atoms with Crippen LogP contribution in [0, 0.1) is 0 Å². The minimum Gasteiger partial charge on any atom is -0.346 e. The lowest BCUT2D eigenvalue weighted by molar-refractivity contribution is -0.120. The standard InChI is InChI=1S/C14H18N4O3S/c1-22(20,21)16-10-14(19)17-13(11-18-9-5-8-15-18)12-6-3-2-4-7-12/h2-9,13,16H,10-11H2,1H3,(H,17,19). The molecule has 8 heteroatoms. The average molecular weight is 322 g/mol. The second-order valence-corrected chi connectivity index (χ2v) is 6.69. The van der Waals surface area contributed by atoms with Gasteiger partial charge in [-0.15, -0.1) is 0 Å². The molecular formula is C14H18N4O3S. The normalized spacial score (nSPS) is 12.8. The Balaban J connectivity index is 2.06. The van der Waals surface area contributed by atoms with E-state index in [9.17, 15) is 13.2 Å². The van der Waals surface area contributed by atoms with Gasteiger partial charge >= 0.3 is 0 Å². The van der Waals surface area contributed by atoms with Crippen LogP contribution in [-0.4, -0.2) is 36.9 Å². The van der Waals surface area contributed by atoms with Crippen LogP contribution < -0.4 is 10.0 Å². The quantitative estimate of drug-likeness (QED) is 0.766. The van der Waals surface area contributed by atoms with Gasteiger partial charge in [0.15, 0.2) is 0 Å². The molecule has 118 valence electrons. The smallest absolute Gasteiger partial charge is 0.235 e. The van der Waals surface area contributed by atoms with Gasteiger partial charge in [-0.3, -0.25) is 9.48 Å². The van der Waals surface area contributed by atoms with E-state index in [0.29, 0.717) is 6.54 Å². The van der Waals surface area contributed by atoms with Crippen molar-refractivity contribution in [1.82, 2.24) is 19.8 Å². The molecule has 2 aromatic rings. The number of nitrogens with one attached hydrogen (secondary N) is 2. The van der Waals surface area contributed by atoms with Gasteiger partial charge in [-0.1, -0.05) is 30.3 Å². The Morgan fingerprint density at radius 2 is 2.00 bits per heavy atom. The molecule has 0 radical (unpaired) electrons. The molecule has 1 heterocycles. The van der Waals surface area contributed by atoms with E-state index in [0.717, 1.165) is 11.8 Å².